The summed E-state index contributed by atoms with van der Waals surface area (Å²) in [7, 11) is -7.94. The molecule has 0 aliphatic heterocycles. The summed E-state index contributed by atoms with van der Waals surface area (Å²) < 4.78 is 50.7. The van der Waals surface area contributed by atoms with E-state index in [1.165, 1.54) is 24.3 Å². The summed E-state index contributed by atoms with van der Waals surface area (Å²) in [6.45, 7) is 3.67. The fraction of sp³-hybridized carbons (Fsp3) is 0.0909. The molecule has 0 bridgehead atoms. The Balaban J connectivity index is 0.000000211. The van der Waals surface area contributed by atoms with Crippen molar-refractivity contribution in [3.8, 4) is 0 Å². The van der Waals surface area contributed by atoms with Crippen molar-refractivity contribution in [2.24, 2.45) is 0 Å². The summed E-state index contributed by atoms with van der Waals surface area (Å²) in [6, 6.07) is 12.3. The molecule has 0 amide bonds. The van der Waals surface area contributed by atoms with E-state index in [4.69, 9.17) is 11.5 Å². The Morgan fingerprint density at radius 3 is 1.21 bits per heavy atom. The first-order valence-electron chi connectivity index (χ1n) is 10.4. The van der Waals surface area contributed by atoms with E-state index in [2.05, 4.69) is 41.8 Å². The number of anilines is 2. The SMILES string of the molecule is Cc1ccc(S(=O)(=O)n2cc(Br)c(N)nc2=O)cc1.Cc1ccc(S(=O)(=O)n2cc(Br)c(N)nc2=O)cc1. The van der Waals surface area contributed by atoms with Gasteiger partial charge in [-0.25, -0.2) is 26.4 Å². The minimum absolute atomic E-state index is 0.0127. The van der Waals surface area contributed by atoms with Gasteiger partial charge in [0.1, 0.15) is 11.6 Å². The Hall–Kier alpha value is -3.34. The van der Waals surface area contributed by atoms with E-state index in [9.17, 15) is 26.4 Å². The largest absolute Gasteiger partial charge is 0.383 e. The lowest BCUT2D eigenvalue weighted by Crippen LogP contribution is -2.29. The fourth-order valence-corrected chi connectivity index (χ4v) is 6.11. The summed E-state index contributed by atoms with van der Waals surface area (Å²) in [4.78, 5) is 30.2. The van der Waals surface area contributed by atoms with E-state index in [1.807, 2.05) is 13.8 Å². The number of rotatable bonds is 4. The highest BCUT2D eigenvalue weighted by Crippen LogP contribution is 2.19. The van der Waals surface area contributed by atoms with Crippen LogP contribution >= 0.6 is 31.9 Å². The summed E-state index contributed by atoms with van der Waals surface area (Å²) in [6.07, 6.45) is 2.19. The van der Waals surface area contributed by atoms with Gasteiger partial charge in [0.15, 0.2) is 0 Å². The molecule has 4 rings (SSSR count). The molecular weight excluding hydrogens is 668 g/mol. The van der Waals surface area contributed by atoms with Gasteiger partial charge in [-0.3, -0.25) is 0 Å². The number of aryl methyl sites for hydroxylation is 2. The lowest BCUT2D eigenvalue weighted by molar-refractivity contribution is 0.582. The lowest BCUT2D eigenvalue weighted by atomic mass is 10.2. The van der Waals surface area contributed by atoms with Crippen molar-refractivity contribution in [3.05, 3.63) is 102 Å². The highest BCUT2D eigenvalue weighted by molar-refractivity contribution is 9.11. The number of hydrogen-bond acceptors (Lipinski definition) is 10. The first kappa shape index (κ1) is 29.2. The smallest absolute Gasteiger partial charge is 0.363 e. The molecule has 0 aliphatic carbocycles. The maximum absolute atomic E-state index is 12.3. The lowest BCUT2D eigenvalue weighted by Gasteiger charge is -2.08. The van der Waals surface area contributed by atoms with Crippen LogP contribution in [0, 0.1) is 13.8 Å². The van der Waals surface area contributed by atoms with E-state index in [-0.39, 0.29) is 30.4 Å². The molecule has 0 fully saturated rings. The molecule has 200 valence electrons. The van der Waals surface area contributed by atoms with E-state index >= 15 is 0 Å². The molecule has 0 spiro atoms. The molecule has 16 heteroatoms. The highest BCUT2D eigenvalue weighted by atomic mass is 79.9. The molecule has 0 unspecified atom stereocenters. The van der Waals surface area contributed by atoms with Crippen molar-refractivity contribution in [2.45, 2.75) is 23.6 Å². The number of aromatic nitrogens is 4. The zero-order valence-corrected chi connectivity index (χ0v) is 24.5. The standard InChI is InChI=1S/2C11H10BrN3O3S/c2*1-7-2-4-8(5-3-7)19(17,18)15-6-9(12)10(13)14-11(15)16/h2*2-6H,1H3,(H2,13,14,16). The van der Waals surface area contributed by atoms with Gasteiger partial charge in [0.2, 0.25) is 0 Å². The second-order valence-electron chi connectivity index (χ2n) is 7.74. The van der Waals surface area contributed by atoms with Crippen LogP contribution in [0.1, 0.15) is 11.1 Å². The zero-order valence-electron chi connectivity index (χ0n) is 19.7. The van der Waals surface area contributed by atoms with Gasteiger partial charge in [0.05, 0.1) is 18.7 Å². The predicted octanol–water partition coefficient (Wildman–Crippen LogP) is 2.27. The van der Waals surface area contributed by atoms with Crippen molar-refractivity contribution in [2.75, 3.05) is 11.5 Å². The molecule has 4 aromatic rings. The molecule has 12 nitrogen and oxygen atoms in total. The molecule has 2 aromatic carbocycles. The molecule has 38 heavy (non-hydrogen) atoms. The minimum Gasteiger partial charge on any atom is -0.383 e. The number of benzene rings is 2. The number of nitrogen functional groups attached to an aromatic ring is 2. The van der Waals surface area contributed by atoms with Gasteiger partial charge in [-0.15, -0.1) is 0 Å². The third-order valence-electron chi connectivity index (χ3n) is 4.92. The summed E-state index contributed by atoms with van der Waals surface area (Å²) in [5.74, 6) is -0.110. The number of nitrogens with two attached hydrogens (primary N) is 2. The second-order valence-corrected chi connectivity index (χ2v) is 13.1. The second kappa shape index (κ2) is 11.2. The molecule has 4 N–H and O–H groups in total. The van der Waals surface area contributed by atoms with Gasteiger partial charge in [-0.05, 0) is 70.0 Å². The van der Waals surface area contributed by atoms with Crippen molar-refractivity contribution >= 4 is 63.5 Å². The monoisotopic (exact) mass is 686 g/mol. The molecule has 0 saturated carbocycles. The van der Waals surface area contributed by atoms with Crippen molar-refractivity contribution in [1.29, 1.82) is 0 Å². The molecule has 2 aromatic heterocycles. The average Bonchev–Trinajstić information content (AvgIpc) is 2.84. The maximum atomic E-state index is 12.3. The van der Waals surface area contributed by atoms with Crippen LogP contribution in [0.15, 0.2) is 89.3 Å². The number of nitrogens with zero attached hydrogens (tertiary/aromatic N) is 4. The molecular formula is C22H20Br2N6O6S2. The Labute approximate surface area is 234 Å². The van der Waals surface area contributed by atoms with Crippen LogP contribution in [0.2, 0.25) is 0 Å². The average molecular weight is 688 g/mol. The third kappa shape index (κ3) is 6.20. The Kier molecular flexibility index (Phi) is 8.60. The Morgan fingerprint density at radius 1 is 0.632 bits per heavy atom. The summed E-state index contributed by atoms with van der Waals surface area (Å²) in [5.41, 5.74) is 10.8. The first-order chi connectivity index (χ1) is 17.6. The third-order valence-corrected chi connectivity index (χ3v) is 9.43. The quantitative estimate of drug-likeness (QED) is 0.322. The highest BCUT2D eigenvalue weighted by Gasteiger charge is 2.21. The minimum atomic E-state index is -3.97. The predicted molar refractivity (Wildman–Crippen MR) is 149 cm³/mol. The van der Waals surface area contributed by atoms with Gasteiger partial charge in [0.25, 0.3) is 20.0 Å². The van der Waals surface area contributed by atoms with E-state index in [0.717, 1.165) is 23.5 Å². The van der Waals surface area contributed by atoms with Crippen LogP contribution in [0.25, 0.3) is 0 Å². The van der Waals surface area contributed by atoms with E-state index in [1.54, 1.807) is 24.3 Å². The van der Waals surface area contributed by atoms with Crippen LogP contribution in [0.4, 0.5) is 11.6 Å². The van der Waals surface area contributed by atoms with Gasteiger partial charge < -0.3 is 11.5 Å². The van der Waals surface area contributed by atoms with Crippen LogP contribution in [0.5, 0.6) is 0 Å². The Bertz CT molecular complexity index is 1700. The molecule has 0 aliphatic rings. The Morgan fingerprint density at radius 2 is 0.921 bits per heavy atom. The zero-order chi connectivity index (χ0) is 28.4. The van der Waals surface area contributed by atoms with Crippen molar-refractivity contribution in [1.82, 2.24) is 17.9 Å². The summed E-state index contributed by atoms with van der Waals surface area (Å²) in [5, 5.41) is 0. The van der Waals surface area contributed by atoms with Crippen LogP contribution in [0.3, 0.4) is 0 Å². The number of halogens is 2. The molecule has 2 heterocycles. The van der Waals surface area contributed by atoms with Crippen LogP contribution < -0.4 is 22.8 Å². The van der Waals surface area contributed by atoms with Crippen molar-refractivity contribution < 1.29 is 16.8 Å². The van der Waals surface area contributed by atoms with Crippen LogP contribution in [-0.4, -0.2) is 34.7 Å². The topological polar surface area (TPSA) is 190 Å². The maximum Gasteiger partial charge on any atom is 0.363 e. The van der Waals surface area contributed by atoms with Gasteiger partial charge >= 0.3 is 11.4 Å². The fourth-order valence-electron chi connectivity index (χ4n) is 2.85. The number of hydrogen-bond donors (Lipinski definition) is 2. The molecule has 0 radical (unpaired) electrons. The van der Waals surface area contributed by atoms with Gasteiger partial charge in [-0.1, -0.05) is 35.4 Å². The molecule has 0 atom stereocenters. The van der Waals surface area contributed by atoms with Crippen LogP contribution in [-0.2, 0) is 20.0 Å². The van der Waals surface area contributed by atoms with Crippen molar-refractivity contribution in [3.63, 3.8) is 0 Å². The summed E-state index contributed by atoms with van der Waals surface area (Å²) >= 11 is 6.09. The van der Waals surface area contributed by atoms with E-state index in [0.29, 0.717) is 7.94 Å². The van der Waals surface area contributed by atoms with Gasteiger partial charge in [0, 0.05) is 12.4 Å². The normalized spacial score (nSPS) is 11.5. The van der Waals surface area contributed by atoms with Gasteiger partial charge in [-0.2, -0.15) is 17.9 Å². The first-order valence-corrected chi connectivity index (χ1v) is 14.8. The van der Waals surface area contributed by atoms with E-state index < -0.39 is 31.4 Å². The molecule has 0 saturated heterocycles.